The number of hydrogen-bond donors (Lipinski definition) is 1. The molecular formula is C22H21ClFNO4. The molecule has 2 aromatic rings. The fraction of sp³-hybridized carbons (Fsp3) is 0.364. The molecule has 3 aliphatic rings. The molecule has 7 heteroatoms. The Morgan fingerprint density at radius 3 is 2.10 bits per heavy atom. The molecule has 0 radical (unpaired) electrons. The van der Waals surface area contributed by atoms with Crippen LogP contribution in [0.15, 0.2) is 48.5 Å². The van der Waals surface area contributed by atoms with Crippen molar-refractivity contribution in [2.75, 3.05) is 13.2 Å². The minimum absolute atomic E-state index is 0.0139. The minimum atomic E-state index is -0.344. The lowest BCUT2D eigenvalue weighted by Gasteiger charge is -2.70. The first kappa shape index (κ1) is 19.7. The second kappa shape index (κ2) is 7.67. The van der Waals surface area contributed by atoms with Gasteiger partial charge in [-0.15, -0.1) is 0 Å². The highest BCUT2D eigenvalue weighted by atomic mass is 35.5. The highest BCUT2D eigenvalue weighted by Gasteiger charge is 2.68. The number of hydrogen-bond acceptors (Lipinski definition) is 4. The predicted molar refractivity (Wildman–Crippen MR) is 106 cm³/mol. The summed E-state index contributed by atoms with van der Waals surface area (Å²) in [4.78, 5) is 24.4. The van der Waals surface area contributed by atoms with E-state index in [1.807, 2.05) is 0 Å². The van der Waals surface area contributed by atoms with Gasteiger partial charge in [0.05, 0.1) is 0 Å². The van der Waals surface area contributed by atoms with Crippen molar-refractivity contribution in [1.82, 2.24) is 5.32 Å². The van der Waals surface area contributed by atoms with Crippen LogP contribution in [0, 0.1) is 11.2 Å². The van der Waals surface area contributed by atoms with E-state index in [-0.39, 0.29) is 41.7 Å². The quantitative estimate of drug-likeness (QED) is 0.671. The molecule has 2 bridgehead atoms. The first-order valence-electron chi connectivity index (χ1n) is 9.45. The molecular weight excluding hydrogens is 397 g/mol. The maximum atomic E-state index is 12.9. The van der Waals surface area contributed by atoms with Crippen molar-refractivity contribution in [3.63, 3.8) is 0 Å². The number of nitrogens with one attached hydrogen (secondary N) is 1. The van der Waals surface area contributed by atoms with E-state index in [4.69, 9.17) is 21.1 Å². The summed E-state index contributed by atoms with van der Waals surface area (Å²) >= 11 is 5.82. The molecule has 29 heavy (non-hydrogen) atoms. The van der Waals surface area contributed by atoms with Crippen molar-refractivity contribution in [1.29, 1.82) is 0 Å². The van der Waals surface area contributed by atoms with Gasteiger partial charge in [-0.3, -0.25) is 9.59 Å². The summed E-state index contributed by atoms with van der Waals surface area (Å²) in [7, 11) is 0. The second-order valence-electron chi connectivity index (χ2n) is 8.06. The van der Waals surface area contributed by atoms with Crippen molar-refractivity contribution in [2.24, 2.45) is 5.41 Å². The second-order valence-corrected chi connectivity index (χ2v) is 8.50. The van der Waals surface area contributed by atoms with Gasteiger partial charge in [-0.2, -0.15) is 0 Å². The molecule has 3 fully saturated rings. The molecule has 5 nitrogen and oxygen atoms in total. The van der Waals surface area contributed by atoms with Gasteiger partial charge in [0.25, 0.3) is 5.91 Å². The van der Waals surface area contributed by atoms with E-state index >= 15 is 0 Å². The van der Waals surface area contributed by atoms with E-state index in [1.54, 1.807) is 24.3 Å². The third-order valence-electron chi connectivity index (χ3n) is 5.51. The summed E-state index contributed by atoms with van der Waals surface area (Å²) in [6.07, 6.45) is 2.84. The zero-order chi connectivity index (χ0) is 20.5. The lowest BCUT2D eigenvalue weighted by Crippen LogP contribution is -2.75. The fourth-order valence-corrected chi connectivity index (χ4v) is 4.62. The summed E-state index contributed by atoms with van der Waals surface area (Å²) in [5.41, 5.74) is -0.216. The number of ketones is 1. The highest BCUT2D eigenvalue weighted by molar-refractivity contribution is 6.30. The van der Waals surface area contributed by atoms with Crippen molar-refractivity contribution < 1.29 is 23.5 Å². The molecule has 3 saturated carbocycles. The Balaban J connectivity index is 1.16. The smallest absolute Gasteiger partial charge is 0.258 e. The maximum Gasteiger partial charge on any atom is 0.258 e. The zero-order valence-electron chi connectivity index (χ0n) is 15.8. The van der Waals surface area contributed by atoms with E-state index in [9.17, 15) is 14.0 Å². The van der Waals surface area contributed by atoms with Crippen LogP contribution in [0.4, 0.5) is 4.39 Å². The molecule has 1 amide bonds. The van der Waals surface area contributed by atoms with Gasteiger partial charge in [0, 0.05) is 17.0 Å². The van der Waals surface area contributed by atoms with Crippen LogP contribution in [0.5, 0.6) is 11.5 Å². The average Bonchev–Trinajstić information content (AvgIpc) is 2.64. The van der Waals surface area contributed by atoms with Crippen LogP contribution in [-0.2, 0) is 9.59 Å². The van der Waals surface area contributed by atoms with Gasteiger partial charge in [-0.1, -0.05) is 11.6 Å². The molecule has 5 rings (SSSR count). The monoisotopic (exact) mass is 417 g/mol. The van der Waals surface area contributed by atoms with Crippen molar-refractivity contribution in [3.05, 3.63) is 59.4 Å². The summed E-state index contributed by atoms with van der Waals surface area (Å²) < 4.78 is 23.8. The number of ether oxygens (including phenoxy) is 2. The summed E-state index contributed by atoms with van der Waals surface area (Å²) in [5.74, 6) is 0.565. The van der Waals surface area contributed by atoms with Crippen LogP contribution in [0.3, 0.4) is 0 Å². The summed E-state index contributed by atoms with van der Waals surface area (Å²) in [6.45, 7) is -0.0809. The molecule has 0 unspecified atom stereocenters. The SMILES string of the molecule is O=C(COc1ccc(F)cc1)CC12CC(NC(=O)COc3ccc(Cl)cc3)(C1)C2. The van der Waals surface area contributed by atoms with Crippen LogP contribution in [0.25, 0.3) is 0 Å². The van der Waals surface area contributed by atoms with Crippen molar-refractivity contribution in [2.45, 2.75) is 31.2 Å². The van der Waals surface area contributed by atoms with Gasteiger partial charge in [0.15, 0.2) is 12.4 Å². The van der Waals surface area contributed by atoms with Gasteiger partial charge in [0.1, 0.15) is 23.9 Å². The van der Waals surface area contributed by atoms with Gasteiger partial charge in [0.2, 0.25) is 0 Å². The molecule has 152 valence electrons. The minimum Gasteiger partial charge on any atom is -0.486 e. The number of carbonyl (C=O) groups is 2. The van der Waals surface area contributed by atoms with Crippen molar-refractivity contribution >= 4 is 23.3 Å². The first-order chi connectivity index (χ1) is 13.9. The molecule has 0 spiro atoms. The van der Waals surface area contributed by atoms with Crippen molar-refractivity contribution in [3.8, 4) is 11.5 Å². The Labute approximate surface area is 173 Å². The average molecular weight is 418 g/mol. The maximum absolute atomic E-state index is 12.9. The molecule has 0 aromatic heterocycles. The van der Waals surface area contributed by atoms with E-state index in [1.165, 1.54) is 24.3 Å². The Morgan fingerprint density at radius 2 is 1.48 bits per heavy atom. The lowest BCUT2D eigenvalue weighted by atomic mass is 9.38. The Hall–Kier alpha value is -2.60. The molecule has 0 aliphatic heterocycles. The van der Waals surface area contributed by atoms with Crippen LogP contribution in [0.1, 0.15) is 25.7 Å². The third-order valence-corrected chi connectivity index (χ3v) is 5.77. The lowest BCUT2D eigenvalue weighted by molar-refractivity contribution is -0.173. The van der Waals surface area contributed by atoms with Crippen LogP contribution < -0.4 is 14.8 Å². The molecule has 0 saturated heterocycles. The molecule has 2 aromatic carbocycles. The molecule has 0 heterocycles. The predicted octanol–water partition coefficient (Wildman–Crippen LogP) is 3.94. The molecule has 3 aliphatic carbocycles. The van der Waals surface area contributed by atoms with Crippen LogP contribution >= 0.6 is 11.6 Å². The highest BCUT2D eigenvalue weighted by Crippen LogP contribution is 2.68. The standard InChI is InChI=1S/C22H21ClFNO4/c23-15-1-5-18(6-2-15)29-11-20(27)25-22-12-21(13-22,14-22)9-17(26)10-28-19-7-3-16(24)4-8-19/h1-8H,9-14H2,(H,25,27). The summed E-state index contributed by atoms with van der Waals surface area (Å²) in [6, 6.07) is 12.4. The first-order valence-corrected chi connectivity index (χ1v) is 9.83. The number of halogens is 2. The number of Topliss-reactive ketones (excluding diaryl/α,β-unsaturated/α-hetero) is 1. The number of rotatable bonds is 9. The van der Waals surface area contributed by atoms with E-state index < -0.39 is 0 Å². The normalized spacial score (nSPS) is 24.1. The van der Waals surface area contributed by atoms with E-state index in [2.05, 4.69) is 5.32 Å². The van der Waals surface area contributed by atoms with Crippen LogP contribution in [-0.4, -0.2) is 30.4 Å². The molecule has 0 atom stereocenters. The van der Waals surface area contributed by atoms with Gasteiger partial charge in [-0.05, 0) is 73.2 Å². The van der Waals surface area contributed by atoms with Gasteiger partial charge < -0.3 is 14.8 Å². The number of carbonyl (C=O) groups excluding carboxylic acids is 2. The van der Waals surface area contributed by atoms with Gasteiger partial charge >= 0.3 is 0 Å². The zero-order valence-corrected chi connectivity index (χ0v) is 16.5. The molecule has 1 N–H and O–H groups in total. The number of benzene rings is 2. The van der Waals surface area contributed by atoms with Crippen LogP contribution in [0.2, 0.25) is 5.02 Å². The van der Waals surface area contributed by atoms with E-state index in [0.717, 1.165) is 19.3 Å². The Kier molecular flexibility index (Phi) is 5.21. The topological polar surface area (TPSA) is 64.6 Å². The number of amides is 1. The summed E-state index contributed by atoms with van der Waals surface area (Å²) in [5, 5.41) is 3.64. The van der Waals surface area contributed by atoms with Gasteiger partial charge in [-0.25, -0.2) is 4.39 Å². The largest absolute Gasteiger partial charge is 0.486 e. The third kappa shape index (κ3) is 4.53. The fourth-order valence-electron chi connectivity index (χ4n) is 4.49. The van der Waals surface area contributed by atoms with E-state index in [0.29, 0.717) is 22.9 Å². The Bertz CT molecular complexity index is 820. The Morgan fingerprint density at radius 1 is 0.931 bits per heavy atom.